The Hall–Kier alpha value is -1.14. The van der Waals surface area contributed by atoms with Crippen LogP contribution >= 0.6 is 0 Å². The van der Waals surface area contributed by atoms with E-state index in [1.54, 1.807) is 0 Å². The highest BCUT2D eigenvalue weighted by Gasteiger charge is 2.20. The van der Waals surface area contributed by atoms with Gasteiger partial charge in [0.05, 0.1) is 0 Å². The number of carbonyl (C=O) groups is 2. The van der Waals surface area contributed by atoms with Crippen LogP contribution in [0.2, 0.25) is 0 Å². The molecule has 0 amide bonds. The second kappa shape index (κ2) is 6.36. The van der Waals surface area contributed by atoms with Crippen molar-refractivity contribution in [1.82, 2.24) is 10.9 Å². The molecule has 0 aromatic heterocycles. The van der Waals surface area contributed by atoms with Crippen molar-refractivity contribution >= 4 is 11.9 Å². The van der Waals surface area contributed by atoms with Crippen LogP contribution in [0.15, 0.2) is 0 Å². The van der Waals surface area contributed by atoms with Crippen LogP contribution in [0, 0.1) is 5.92 Å². The number of rotatable bonds is 7. The minimum absolute atomic E-state index is 0.223. The van der Waals surface area contributed by atoms with Crippen LogP contribution in [-0.2, 0) is 9.59 Å². The second-order valence-electron chi connectivity index (χ2n) is 3.87. The summed E-state index contributed by atoms with van der Waals surface area (Å²) in [5.41, 5.74) is 4.94. The van der Waals surface area contributed by atoms with Gasteiger partial charge in [0.2, 0.25) is 0 Å². The Balaban J connectivity index is 4.07. The highest BCUT2D eigenvalue weighted by atomic mass is 16.4. The molecule has 0 saturated heterocycles. The summed E-state index contributed by atoms with van der Waals surface area (Å²) in [7, 11) is 0. The zero-order valence-electron chi connectivity index (χ0n) is 9.15. The van der Waals surface area contributed by atoms with Gasteiger partial charge in [-0.3, -0.25) is 9.59 Å². The molecule has 0 rings (SSSR count). The Labute approximate surface area is 88.6 Å². The Morgan fingerprint density at radius 1 is 1.07 bits per heavy atom. The summed E-state index contributed by atoms with van der Waals surface area (Å²) in [5, 5.41) is 17.4. The number of carboxylic acids is 2. The Morgan fingerprint density at radius 3 is 1.93 bits per heavy atom. The molecule has 2 atom stereocenters. The lowest BCUT2D eigenvalue weighted by molar-refractivity contribution is -0.143. The molecule has 0 fully saturated rings. The number of carboxylic acid groups (broad SMARTS) is 2. The molecule has 0 spiro atoms. The van der Waals surface area contributed by atoms with Gasteiger partial charge in [-0.1, -0.05) is 13.8 Å². The summed E-state index contributed by atoms with van der Waals surface area (Å²) in [6, 6.07) is -1.59. The van der Waals surface area contributed by atoms with Gasteiger partial charge in [-0.15, -0.1) is 0 Å². The monoisotopic (exact) mass is 218 g/mol. The average Bonchev–Trinajstić information content (AvgIpc) is 2.10. The first-order valence-electron chi connectivity index (χ1n) is 4.81. The SMILES string of the molecule is CC(C)C[C@H](NN[C@@H](C)C(=O)O)C(=O)O. The summed E-state index contributed by atoms with van der Waals surface area (Å²) in [6.07, 6.45) is 0.439. The molecule has 0 unspecified atom stereocenters. The van der Waals surface area contributed by atoms with Crippen molar-refractivity contribution < 1.29 is 19.8 Å². The zero-order chi connectivity index (χ0) is 12.0. The minimum atomic E-state index is -1.03. The topological polar surface area (TPSA) is 98.7 Å². The van der Waals surface area contributed by atoms with Gasteiger partial charge in [-0.2, -0.15) is 0 Å². The van der Waals surface area contributed by atoms with E-state index < -0.39 is 24.0 Å². The molecule has 15 heavy (non-hydrogen) atoms. The van der Waals surface area contributed by atoms with Crippen LogP contribution in [0.3, 0.4) is 0 Å². The quantitative estimate of drug-likeness (QED) is 0.451. The fourth-order valence-electron chi connectivity index (χ4n) is 0.980. The molecule has 0 aliphatic rings. The highest BCUT2D eigenvalue weighted by Crippen LogP contribution is 2.04. The summed E-state index contributed by atoms with van der Waals surface area (Å²) in [5.74, 6) is -1.80. The molecule has 0 radical (unpaired) electrons. The van der Waals surface area contributed by atoms with Crippen molar-refractivity contribution in [2.45, 2.75) is 39.3 Å². The third-order valence-electron chi connectivity index (χ3n) is 1.85. The minimum Gasteiger partial charge on any atom is -0.480 e. The first kappa shape index (κ1) is 13.9. The van der Waals surface area contributed by atoms with Crippen LogP contribution in [0.25, 0.3) is 0 Å². The lowest BCUT2D eigenvalue weighted by atomic mass is 10.0. The van der Waals surface area contributed by atoms with Gasteiger partial charge >= 0.3 is 11.9 Å². The molecule has 0 aliphatic heterocycles. The smallest absolute Gasteiger partial charge is 0.322 e. The fourth-order valence-corrected chi connectivity index (χ4v) is 0.980. The molecular formula is C9H18N2O4. The van der Waals surface area contributed by atoms with E-state index >= 15 is 0 Å². The summed E-state index contributed by atoms with van der Waals surface area (Å²) < 4.78 is 0. The summed E-state index contributed by atoms with van der Waals surface area (Å²) >= 11 is 0. The van der Waals surface area contributed by atoms with E-state index in [0.29, 0.717) is 6.42 Å². The van der Waals surface area contributed by atoms with E-state index in [1.807, 2.05) is 13.8 Å². The summed E-state index contributed by atoms with van der Waals surface area (Å²) in [4.78, 5) is 21.2. The molecule has 0 heterocycles. The molecule has 6 nitrogen and oxygen atoms in total. The first-order valence-corrected chi connectivity index (χ1v) is 4.81. The third-order valence-corrected chi connectivity index (χ3v) is 1.85. The Bertz CT molecular complexity index is 230. The number of aliphatic carboxylic acids is 2. The van der Waals surface area contributed by atoms with E-state index in [2.05, 4.69) is 10.9 Å². The highest BCUT2D eigenvalue weighted by molar-refractivity contribution is 5.74. The molecule has 0 aromatic carbocycles. The number of nitrogens with one attached hydrogen (secondary N) is 2. The van der Waals surface area contributed by atoms with Crippen molar-refractivity contribution in [2.24, 2.45) is 5.92 Å². The normalized spacial score (nSPS) is 14.9. The van der Waals surface area contributed by atoms with Crippen molar-refractivity contribution in [3.63, 3.8) is 0 Å². The largest absolute Gasteiger partial charge is 0.480 e. The van der Waals surface area contributed by atoms with Crippen molar-refractivity contribution in [2.75, 3.05) is 0 Å². The van der Waals surface area contributed by atoms with Gasteiger partial charge in [0.25, 0.3) is 0 Å². The van der Waals surface area contributed by atoms with Gasteiger partial charge < -0.3 is 10.2 Å². The Kier molecular flexibility index (Phi) is 5.88. The van der Waals surface area contributed by atoms with E-state index in [0.717, 1.165) is 0 Å². The maximum absolute atomic E-state index is 10.8. The summed E-state index contributed by atoms with van der Waals surface area (Å²) in [6.45, 7) is 5.24. The maximum atomic E-state index is 10.8. The lowest BCUT2D eigenvalue weighted by Gasteiger charge is -2.18. The molecule has 0 saturated carbocycles. The molecule has 4 N–H and O–H groups in total. The van der Waals surface area contributed by atoms with Crippen LogP contribution in [-0.4, -0.2) is 34.2 Å². The van der Waals surface area contributed by atoms with Gasteiger partial charge in [0.1, 0.15) is 12.1 Å². The maximum Gasteiger partial charge on any atom is 0.322 e. The van der Waals surface area contributed by atoms with E-state index in [1.165, 1.54) is 6.92 Å². The molecule has 0 aromatic rings. The zero-order valence-corrected chi connectivity index (χ0v) is 9.15. The molecule has 88 valence electrons. The predicted molar refractivity (Wildman–Crippen MR) is 54.2 cm³/mol. The average molecular weight is 218 g/mol. The standard InChI is InChI=1S/C9H18N2O4/c1-5(2)4-7(9(14)15)11-10-6(3)8(12)13/h5-7,10-11H,4H2,1-3H3,(H,12,13)(H,14,15)/t6-,7-/m0/s1. The number of hydrogen-bond donors (Lipinski definition) is 4. The van der Waals surface area contributed by atoms with Gasteiger partial charge in [-0.05, 0) is 19.3 Å². The van der Waals surface area contributed by atoms with E-state index in [-0.39, 0.29) is 5.92 Å². The molecule has 0 aliphatic carbocycles. The molecule has 0 bridgehead atoms. The van der Waals surface area contributed by atoms with Crippen molar-refractivity contribution in [3.8, 4) is 0 Å². The van der Waals surface area contributed by atoms with Crippen LogP contribution in [0.1, 0.15) is 27.2 Å². The predicted octanol–water partition coefficient (Wildman–Crippen LogP) is 0.0530. The number of hydrogen-bond acceptors (Lipinski definition) is 4. The molecular weight excluding hydrogens is 200 g/mol. The lowest BCUT2D eigenvalue weighted by Crippen LogP contribution is -2.51. The van der Waals surface area contributed by atoms with Gasteiger partial charge in [0.15, 0.2) is 0 Å². The fraction of sp³-hybridized carbons (Fsp3) is 0.778. The third kappa shape index (κ3) is 6.03. The van der Waals surface area contributed by atoms with Crippen molar-refractivity contribution in [3.05, 3.63) is 0 Å². The van der Waals surface area contributed by atoms with E-state index in [4.69, 9.17) is 10.2 Å². The second-order valence-corrected chi connectivity index (χ2v) is 3.87. The first-order chi connectivity index (χ1) is 6.84. The van der Waals surface area contributed by atoms with Crippen LogP contribution in [0.4, 0.5) is 0 Å². The van der Waals surface area contributed by atoms with Gasteiger partial charge in [0, 0.05) is 0 Å². The number of hydrazine groups is 1. The van der Waals surface area contributed by atoms with Crippen molar-refractivity contribution in [1.29, 1.82) is 0 Å². The van der Waals surface area contributed by atoms with E-state index in [9.17, 15) is 9.59 Å². The Morgan fingerprint density at radius 2 is 1.60 bits per heavy atom. The van der Waals surface area contributed by atoms with Crippen LogP contribution in [0.5, 0.6) is 0 Å². The molecule has 6 heteroatoms. The van der Waals surface area contributed by atoms with Crippen LogP contribution < -0.4 is 10.9 Å². The van der Waals surface area contributed by atoms with Gasteiger partial charge in [-0.25, -0.2) is 10.9 Å².